The van der Waals surface area contributed by atoms with Crippen molar-refractivity contribution < 1.29 is 0 Å². The highest BCUT2D eigenvalue weighted by Gasteiger charge is 2.07. The first-order valence-electron chi connectivity index (χ1n) is 6.34. The summed E-state index contributed by atoms with van der Waals surface area (Å²) in [6.45, 7) is 2.14. The van der Waals surface area contributed by atoms with Gasteiger partial charge in [0.2, 0.25) is 0 Å². The number of anilines is 1. The third kappa shape index (κ3) is 2.40. The van der Waals surface area contributed by atoms with Crippen LogP contribution in [-0.2, 0) is 0 Å². The van der Waals surface area contributed by atoms with E-state index in [4.69, 9.17) is 0 Å². The zero-order valence-corrected chi connectivity index (χ0v) is 10.7. The van der Waals surface area contributed by atoms with Crippen LogP contribution in [0.25, 0.3) is 10.8 Å². The fraction of sp³-hybridized carbons (Fsp3) is 0.125. The number of pyridine rings is 2. The number of rotatable bonds is 3. The van der Waals surface area contributed by atoms with Crippen LogP contribution >= 0.6 is 0 Å². The molecule has 0 aliphatic carbocycles. The molecule has 2 aromatic heterocycles. The smallest absolute Gasteiger partial charge is 0.0486 e. The van der Waals surface area contributed by atoms with Gasteiger partial charge in [0.25, 0.3) is 0 Å². The highest BCUT2D eigenvalue weighted by Crippen LogP contribution is 2.26. The maximum absolute atomic E-state index is 4.20. The first kappa shape index (κ1) is 11.7. The van der Waals surface area contributed by atoms with Crippen LogP contribution in [0, 0.1) is 0 Å². The minimum atomic E-state index is 0.230. The van der Waals surface area contributed by atoms with E-state index in [-0.39, 0.29) is 6.04 Å². The third-order valence-electron chi connectivity index (χ3n) is 3.26. The standard InChI is InChI=1S/C16H15N3/c1-12(13-5-8-17-9-6-13)19-16-4-2-3-14-7-10-18-11-15(14)16/h2-12,19H,1H3. The van der Waals surface area contributed by atoms with E-state index in [1.165, 1.54) is 10.9 Å². The van der Waals surface area contributed by atoms with Crippen molar-refractivity contribution in [3.63, 3.8) is 0 Å². The van der Waals surface area contributed by atoms with Crippen LogP contribution in [0.1, 0.15) is 18.5 Å². The van der Waals surface area contributed by atoms with Crippen LogP contribution in [0.15, 0.2) is 61.2 Å². The highest BCUT2D eigenvalue weighted by atomic mass is 14.9. The molecular weight excluding hydrogens is 234 g/mol. The normalized spacial score (nSPS) is 12.3. The second-order valence-electron chi connectivity index (χ2n) is 4.55. The molecule has 94 valence electrons. The SMILES string of the molecule is CC(Nc1cccc2ccncc12)c1ccncc1. The molecule has 0 radical (unpaired) electrons. The van der Waals surface area contributed by atoms with Crippen molar-refractivity contribution in [1.29, 1.82) is 0 Å². The number of hydrogen-bond donors (Lipinski definition) is 1. The maximum atomic E-state index is 4.20. The molecule has 3 rings (SSSR count). The molecule has 3 heteroatoms. The molecule has 0 saturated heterocycles. The molecule has 0 spiro atoms. The average Bonchev–Trinajstić information content (AvgIpc) is 2.48. The second kappa shape index (κ2) is 5.06. The van der Waals surface area contributed by atoms with Crippen molar-refractivity contribution in [1.82, 2.24) is 9.97 Å². The zero-order chi connectivity index (χ0) is 13.1. The molecule has 1 aromatic carbocycles. The molecule has 2 heterocycles. The molecule has 0 bridgehead atoms. The van der Waals surface area contributed by atoms with Gasteiger partial charge >= 0.3 is 0 Å². The van der Waals surface area contributed by atoms with Crippen LogP contribution in [-0.4, -0.2) is 9.97 Å². The molecule has 0 aliphatic rings. The Kier molecular flexibility index (Phi) is 3.11. The van der Waals surface area contributed by atoms with Gasteiger partial charge in [0, 0.05) is 41.9 Å². The minimum Gasteiger partial charge on any atom is -0.378 e. The molecule has 1 unspecified atom stereocenters. The first-order valence-corrected chi connectivity index (χ1v) is 6.34. The summed E-state index contributed by atoms with van der Waals surface area (Å²) < 4.78 is 0. The molecule has 0 aliphatic heterocycles. The lowest BCUT2D eigenvalue weighted by Gasteiger charge is -2.17. The molecule has 19 heavy (non-hydrogen) atoms. The fourth-order valence-corrected chi connectivity index (χ4v) is 2.21. The van der Waals surface area contributed by atoms with E-state index < -0.39 is 0 Å². The van der Waals surface area contributed by atoms with Crippen LogP contribution in [0.4, 0.5) is 5.69 Å². The van der Waals surface area contributed by atoms with E-state index >= 15 is 0 Å². The summed E-state index contributed by atoms with van der Waals surface area (Å²) in [6.07, 6.45) is 7.35. The highest BCUT2D eigenvalue weighted by molar-refractivity contribution is 5.93. The van der Waals surface area contributed by atoms with Crippen LogP contribution in [0.3, 0.4) is 0 Å². The van der Waals surface area contributed by atoms with E-state index in [1.54, 1.807) is 0 Å². The Morgan fingerprint density at radius 3 is 2.58 bits per heavy atom. The van der Waals surface area contributed by atoms with Crippen molar-refractivity contribution in [3.8, 4) is 0 Å². The molecule has 1 atom stereocenters. The number of fused-ring (bicyclic) bond motifs is 1. The predicted octanol–water partition coefficient (Wildman–Crippen LogP) is 3.80. The summed E-state index contributed by atoms with van der Waals surface area (Å²) in [5.41, 5.74) is 2.32. The fourth-order valence-electron chi connectivity index (χ4n) is 2.21. The summed E-state index contributed by atoms with van der Waals surface area (Å²) in [4.78, 5) is 8.25. The quantitative estimate of drug-likeness (QED) is 0.767. The molecule has 0 saturated carbocycles. The van der Waals surface area contributed by atoms with E-state index in [2.05, 4.69) is 40.4 Å². The number of nitrogens with one attached hydrogen (secondary N) is 1. The van der Waals surface area contributed by atoms with Crippen LogP contribution in [0.2, 0.25) is 0 Å². The van der Waals surface area contributed by atoms with Crippen molar-refractivity contribution in [2.24, 2.45) is 0 Å². The van der Waals surface area contributed by atoms with Gasteiger partial charge in [-0.3, -0.25) is 9.97 Å². The Balaban J connectivity index is 1.94. The average molecular weight is 249 g/mol. The second-order valence-corrected chi connectivity index (χ2v) is 4.55. The van der Waals surface area contributed by atoms with E-state index in [0.717, 1.165) is 11.1 Å². The monoisotopic (exact) mass is 249 g/mol. The molecule has 1 N–H and O–H groups in total. The van der Waals surface area contributed by atoms with Gasteiger partial charge in [0.15, 0.2) is 0 Å². The van der Waals surface area contributed by atoms with Gasteiger partial charge in [-0.25, -0.2) is 0 Å². The summed E-state index contributed by atoms with van der Waals surface area (Å²) >= 11 is 0. The van der Waals surface area contributed by atoms with Crippen molar-refractivity contribution in [2.75, 3.05) is 5.32 Å². The Labute approximate surface area is 112 Å². The Hall–Kier alpha value is -2.42. The largest absolute Gasteiger partial charge is 0.378 e. The van der Waals surface area contributed by atoms with Crippen LogP contribution in [0.5, 0.6) is 0 Å². The van der Waals surface area contributed by atoms with Gasteiger partial charge < -0.3 is 5.32 Å². The molecule has 0 amide bonds. The molecule has 3 aromatic rings. The van der Waals surface area contributed by atoms with Gasteiger partial charge in [0.1, 0.15) is 0 Å². The van der Waals surface area contributed by atoms with Gasteiger partial charge in [0.05, 0.1) is 0 Å². The Morgan fingerprint density at radius 1 is 0.947 bits per heavy atom. The minimum absolute atomic E-state index is 0.230. The van der Waals surface area contributed by atoms with Gasteiger partial charge in [-0.05, 0) is 42.1 Å². The van der Waals surface area contributed by atoms with E-state index in [1.807, 2.05) is 43.0 Å². The van der Waals surface area contributed by atoms with Gasteiger partial charge in [-0.1, -0.05) is 12.1 Å². The van der Waals surface area contributed by atoms with Crippen molar-refractivity contribution in [3.05, 3.63) is 66.7 Å². The number of aromatic nitrogens is 2. The summed E-state index contributed by atoms with van der Waals surface area (Å²) in [5.74, 6) is 0. The Bertz CT molecular complexity index is 674. The maximum Gasteiger partial charge on any atom is 0.0486 e. The number of nitrogens with zero attached hydrogens (tertiary/aromatic N) is 2. The predicted molar refractivity (Wildman–Crippen MR) is 78.0 cm³/mol. The summed E-state index contributed by atoms with van der Waals surface area (Å²) in [7, 11) is 0. The lowest BCUT2D eigenvalue weighted by atomic mass is 10.1. The van der Waals surface area contributed by atoms with E-state index in [9.17, 15) is 0 Å². The van der Waals surface area contributed by atoms with Gasteiger partial charge in [-0.2, -0.15) is 0 Å². The zero-order valence-electron chi connectivity index (χ0n) is 10.7. The number of benzene rings is 1. The first-order chi connectivity index (χ1) is 9.34. The third-order valence-corrected chi connectivity index (χ3v) is 3.26. The molecular formula is C16H15N3. The topological polar surface area (TPSA) is 37.8 Å². The Morgan fingerprint density at radius 2 is 1.74 bits per heavy atom. The van der Waals surface area contributed by atoms with Crippen molar-refractivity contribution in [2.45, 2.75) is 13.0 Å². The van der Waals surface area contributed by atoms with Crippen LogP contribution < -0.4 is 5.32 Å². The van der Waals surface area contributed by atoms with E-state index in [0.29, 0.717) is 0 Å². The lowest BCUT2D eigenvalue weighted by molar-refractivity contribution is 0.882. The van der Waals surface area contributed by atoms with Crippen molar-refractivity contribution >= 4 is 16.5 Å². The van der Waals surface area contributed by atoms with Gasteiger partial charge in [-0.15, -0.1) is 0 Å². The molecule has 0 fully saturated rings. The molecule has 3 nitrogen and oxygen atoms in total. The summed E-state index contributed by atoms with van der Waals surface area (Å²) in [5, 5.41) is 5.87. The summed E-state index contributed by atoms with van der Waals surface area (Å²) in [6, 6.07) is 12.6. The lowest BCUT2D eigenvalue weighted by Crippen LogP contribution is -2.06. The number of hydrogen-bond acceptors (Lipinski definition) is 3.